The van der Waals surface area contributed by atoms with Crippen molar-refractivity contribution in [1.82, 2.24) is 19.8 Å². The maximum absolute atomic E-state index is 6.31. The van der Waals surface area contributed by atoms with E-state index in [4.69, 9.17) is 23.8 Å². The summed E-state index contributed by atoms with van der Waals surface area (Å²) in [5.41, 5.74) is 3.27. The maximum Gasteiger partial charge on any atom is 0.170 e. The van der Waals surface area contributed by atoms with E-state index < -0.39 is 0 Å². The zero-order valence-corrected chi connectivity index (χ0v) is 18.3. The number of nitrogens with one attached hydrogen (secondary N) is 1. The molecule has 2 fully saturated rings. The Morgan fingerprint density at radius 1 is 1.00 bits per heavy atom. The lowest BCUT2D eigenvalue weighted by atomic mass is 9.92. The van der Waals surface area contributed by atoms with Crippen LogP contribution in [0.15, 0.2) is 67.0 Å². The molecule has 154 valence electrons. The molecule has 30 heavy (non-hydrogen) atoms. The SMILES string of the molecule is S=C1N[C@@H](c2ccccn2)[C@@H](c2cccn2-c2cccc(Cl)c2)N1C1CCCCC1. The van der Waals surface area contributed by atoms with Crippen molar-refractivity contribution in [2.45, 2.75) is 50.2 Å². The van der Waals surface area contributed by atoms with Gasteiger partial charge in [-0.25, -0.2) is 0 Å². The van der Waals surface area contributed by atoms with Crippen molar-refractivity contribution in [2.24, 2.45) is 0 Å². The Hall–Kier alpha value is -2.37. The number of halogens is 1. The molecule has 1 saturated heterocycles. The van der Waals surface area contributed by atoms with Gasteiger partial charge in [-0.1, -0.05) is 43.0 Å². The highest BCUT2D eigenvalue weighted by Gasteiger charge is 2.44. The Labute approximate surface area is 187 Å². The van der Waals surface area contributed by atoms with Crippen LogP contribution in [-0.2, 0) is 0 Å². The first-order chi connectivity index (χ1) is 14.7. The van der Waals surface area contributed by atoms with Crippen molar-refractivity contribution in [1.29, 1.82) is 0 Å². The molecule has 0 radical (unpaired) electrons. The molecule has 0 amide bonds. The lowest BCUT2D eigenvalue weighted by Gasteiger charge is -2.37. The van der Waals surface area contributed by atoms with Gasteiger partial charge in [0.1, 0.15) is 0 Å². The molecule has 3 aromatic rings. The van der Waals surface area contributed by atoms with Gasteiger partial charge < -0.3 is 14.8 Å². The van der Waals surface area contributed by atoms with Gasteiger partial charge in [0.2, 0.25) is 0 Å². The second-order valence-electron chi connectivity index (χ2n) is 8.11. The van der Waals surface area contributed by atoms with E-state index in [2.05, 4.69) is 50.2 Å². The average molecular weight is 437 g/mol. The third-order valence-corrected chi connectivity index (χ3v) is 6.84. The van der Waals surface area contributed by atoms with Crippen molar-refractivity contribution in [3.8, 4) is 5.69 Å². The van der Waals surface area contributed by atoms with Crippen molar-refractivity contribution in [3.63, 3.8) is 0 Å². The van der Waals surface area contributed by atoms with E-state index in [0.29, 0.717) is 6.04 Å². The molecule has 2 atom stereocenters. The first-order valence-electron chi connectivity index (χ1n) is 10.7. The molecule has 4 nitrogen and oxygen atoms in total. The standard InChI is InChI=1S/C24H25ClN4S/c25-17-8-6-11-19(16-17)28-15-7-13-21(28)23-22(20-12-4-5-14-26-20)27-24(30)29(23)18-9-2-1-3-10-18/h4-8,11-16,18,22-23H,1-3,9-10H2,(H,27,30)/t22-,23+/m0/s1. The number of pyridine rings is 1. The van der Waals surface area contributed by atoms with E-state index in [9.17, 15) is 0 Å². The highest BCUT2D eigenvalue weighted by atomic mass is 35.5. The van der Waals surface area contributed by atoms with Crippen LogP contribution >= 0.6 is 23.8 Å². The molecule has 1 N–H and O–H groups in total. The number of aromatic nitrogens is 2. The van der Waals surface area contributed by atoms with Crippen LogP contribution in [-0.4, -0.2) is 25.6 Å². The Balaban J connectivity index is 1.61. The van der Waals surface area contributed by atoms with Gasteiger partial charge in [-0.05, 0) is 67.5 Å². The van der Waals surface area contributed by atoms with Gasteiger partial charge in [0.15, 0.2) is 5.11 Å². The number of benzene rings is 1. The van der Waals surface area contributed by atoms with Crippen molar-refractivity contribution >= 4 is 28.9 Å². The third-order valence-electron chi connectivity index (χ3n) is 6.27. The van der Waals surface area contributed by atoms with Crippen LogP contribution in [0.4, 0.5) is 0 Å². The summed E-state index contributed by atoms with van der Waals surface area (Å²) >= 11 is 12.2. The summed E-state index contributed by atoms with van der Waals surface area (Å²) in [5.74, 6) is 0. The molecule has 1 aliphatic carbocycles. The molecule has 3 heterocycles. The summed E-state index contributed by atoms with van der Waals surface area (Å²) in [6.07, 6.45) is 10.2. The molecule has 2 aliphatic rings. The van der Waals surface area contributed by atoms with E-state index in [0.717, 1.165) is 21.5 Å². The first kappa shape index (κ1) is 19.6. The second kappa shape index (κ2) is 8.40. The van der Waals surface area contributed by atoms with Crippen LogP contribution in [0.3, 0.4) is 0 Å². The lowest BCUT2D eigenvalue weighted by Crippen LogP contribution is -2.40. The summed E-state index contributed by atoms with van der Waals surface area (Å²) in [7, 11) is 0. The molecular formula is C24H25ClN4S. The predicted molar refractivity (Wildman–Crippen MR) is 125 cm³/mol. The third kappa shape index (κ3) is 3.61. The lowest BCUT2D eigenvalue weighted by molar-refractivity contribution is 0.193. The Morgan fingerprint density at radius 2 is 1.87 bits per heavy atom. The number of rotatable bonds is 4. The summed E-state index contributed by atoms with van der Waals surface area (Å²) in [5, 5.41) is 5.17. The quantitative estimate of drug-likeness (QED) is 0.521. The molecule has 1 saturated carbocycles. The van der Waals surface area contributed by atoms with Crippen molar-refractivity contribution in [2.75, 3.05) is 0 Å². The van der Waals surface area contributed by atoms with E-state index in [1.165, 1.54) is 37.8 Å². The van der Waals surface area contributed by atoms with Crippen LogP contribution in [0.2, 0.25) is 5.02 Å². The molecule has 0 bridgehead atoms. The van der Waals surface area contributed by atoms with E-state index in [1.54, 1.807) is 0 Å². The van der Waals surface area contributed by atoms with E-state index in [1.807, 2.05) is 36.5 Å². The minimum Gasteiger partial charge on any atom is -0.352 e. The molecule has 6 heteroatoms. The minimum absolute atomic E-state index is 0.00783. The molecule has 1 aliphatic heterocycles. The van der Waals surface area contributed by atoms with Crippen LogP contribution in [0.5, 0.6) is 0 Å². The molecular weight excluding hydrogens is 412 g/mol. The van der Waals surface area contributed by atoms with Crippen LogP contribution in [0, 0.1) is 0 Å². The van der Waals surface area contributed by atoms with Crippen LogP contribution in [0.25, 0.3) is 5.69 Å². The van der Waals surface area contributed by atoms with Gasteiger partial charge in [0.25, 0.3) is 0 Å². The summed E-state index contributed by atoms with van der Waals surface area (Å²) in [6.45, 7) is 0. The monoisotopic (exact) mass is 436 g/mol. The largest absolute Gasteiger partial charge is 0.352 e. The first-order valence-corrected chi connectivity index (χ1v) is 11.4. The fourth-order valence-corrected chi connectivity index (χ4v) is 5.50. The van der Waals surface area contributed by atoms with Gasteiger partial charge in [0.05, 0.1) is 17.8 Å². The van der Waals surface area contributed by atoms with Crippen LogP contribution < -0.4 is 5.32 Å². The van der Waals surface area contributed by atoms with Crippen molar-refractivity contribution in [3.05, 3.63) is 83.4 Å². The van der Waals surface area contributed by atoms with Crippen molar-refractivity contribution < 1.29 is 0 Å². The topological polar surface area (TPSA) is 33.1 Å². The highest BCUT2D eigenvalue weighted by molar-refractivity contribution is 7.80. The van der Waals surface area contributed by atoms with Gasteiger partial charge in [-0.2, -0.15) is 0 Å². The normalized spacial score (nSPS) is 22.3. The molecule has 0 unspecified atom stereocenters. The number of hydrogen-bond donors (Lipinski definition) is 1. The maximum atomic E-state index is 6.31. The fourth-order valence-electron chi connectivity index (χ4n) is 4.93. The highest BCUT2D eigenvalue weighted by Crippen LogP contribution is 2.43. The van der Waals surface area contributed by atoms with E-state index >= 15 is 0 Å². The van der Waals surface area contributed by atoms with Gasteiger partial charge in [-0.15, -0.1) is 0 Å². The molecule has 2 aromatic heterocycles. The smallest absolute Gasteiger partial charge is 0.170 e. The van der Waals surface area contributed by atoms with Gasteiger partial charge in [-0.3, -0.25) is 4.98 Å². The number of hydrogen-bond acceptors (Lipinski definition) is 2. The van der Waals surface area contributed by atoms with Gasteiger partial charge >= 0.3 is 0 Å². The molecule has 1 aromatic carbocycles. The average Bonchev–Trinajstić information content (AvgIpc) is 3.39. The molecule has 5 rings (SSSR count). The number of thiocarbonyl (C=S) groups is 1. The minimum atomic E-state index is 0.00783. The number of nitrogens with zero attached hydrogens (tertiary/aromatic N) is 3. The summed E-state index contributed by atoms with van der Waals surface area (Å²) in [6, 6.07) is 18.9. The zero-order valence-electron chi connectivity index (χ0n) is 16.7. The Morgan fingerprint density at radius 3 is 2.63 bits per heavy atom. The van der Waals surface area contributed by atoms with Crippen LogP contribution in [0.1, 0.15) is 55.6 Å². The van der Waals surface area contributed by atoms with Gasteiger partial charge in [0, 0.05) is 34.8 Å². The summed E-state index contributed by atoms with van der Waals surface area (Å²) < 4.78 is 2.23. The Bertz CT molecular complexity index is 1030. The zero-order chi connectivity index (χ0) is 20.5. The Kier molecular flexibility index (Phi) is 5.48. The predicted octanol–water partition coefficient (Wildman–Crippen LogP) is 5.83. The van der Waals surface area contributed by atoms with E-state index in [-0.39, 0.29) is 12.1 Å². The fraction of sp³-hybridized carbons (Fsp3) is 0.333. The second-order valence-corrected chi connectivity index (χ2v) is 8.93. The molecule has 0 spiro atoms. The summed E-state index contributed by atoms with van der Waals surface area (Å²) in [4.78, 5) is 7.12.